The summed E-state index contributed by atoms with van der Waals surface area (Å²) in [6, 6.07) is 6.60. The number of rotatable bonds is 7. The molecule has 1 unspecified atom stereocenters. The average Bonchev–Trinajstić information content (AvgIpc) is 2.39. The number of hydrogen-bond acceptors (Lipinski definition) is 4. The maximum atomic E-state index is 10.8. The van der Waals surface area contributed by atoms with Gasteiger partial charge < -0.3 is 10.4 Å². The number of aryl methyl sites for hydroxylation is 1. The maximum Gasteiger partial charge on any atom is 0.327 e. The fourth-order valence-corrected chi connectivity index (χ4v) is 2.62. The molecule has 6 heteroatoms. The Labute approximate surface area is 115 Å². The van der Waals surface area contributed by atoms with Crippen LogP contribution in [0.4, 0.5) is 0 Å². The van der Waals surface area contributed by atoms with E-state index in [1.54, 1.807) is 12.1 Å². The highest BCUT2D eigenvalue weighted by Crippen LogP contribution is 2.18. The number of nitrogens with one attached hydrogen (secondary N) is 1. The summed E-state index contributed by atoms with van der Waals surface area (Å²) >= 11 is 1.43. The van der Waals surface area contributed by atoms with Crippen LogP contribution >= 0.6 is 11.8 Å². The molecule has 1 rings (SSSR count). The Hall–Kier alpha value is -2.00. The van der Waals surface area contributed by atoms with Crippen molar-refractivity contribution in [1.29, 1.82) is 5.26 Å². The number of aliphatic carboxylic acids is 1. The fourth-order valence-electron chi connectivity index (χ4n) is 1.49. The Morgan fingerprint density at radius 2 is 2.37 bits per heavy atom. The van der Waals surface area contributed by atoms with Gasteiger partial charge in [-0.2, -0.15) is 17.0 Å². The molecule has 0 aliphatic carbocycles. The second-order valence-corrected chi connectivity index (χ2v) is 4.97. The first-order valence-corrected chi connectivity index (χ1v) is 6.73. The predicted octanol–water partition coefficient (Wildman–Crippen LogP) is 1.30. The summed E-state index contributed by atoms with van der Waals surface area (Å²) in [4.78, 5) is 21.1. The van der Waals surface area contributed by atoms with E-state index in [1.807, 2.05) is 13.0 Å². The minimum atomic E-state index is -1.05. The number of nitrogens with zero attached hydrogens (tertiary/aromatic N) is 1. The van der Waals surface area contributed by atoms with Crippen LogP contribution in [0.1, 0.15) is 16.7 Å². The van der Waals surface area contributed by atoms with Crippen LogP contribution in [0.3, 0.4) is 0 Å². The van der Waals surface area contributed by atoms with Crippen LogP contribution < -0.4 is 5.32 Å². The number of carboxylic acid groups (broad SMARTS) is 1. The molecule has 0 aliphatic heterocycles. The molecule has 0 fully saturated rings. The lowest BCUT2D eigenvalue weighted by Gasteiger charge is -2.11. The largest absolute Gasteiger partial charge is 0.480 e. The zero-order valence-corrected chi connectivity index (χ0v) is 11.2. The highest BCUT2D eigenvalue weighted by Gasteiger charge is 2.15. The van der Waals surface area contributed by atoms with Crippen molar-refractivity contribution in [3.05, 3.63) is 34.9 Å². The van der Waals surface area contributed by atoms with Crippen molar-refractivity contribution >= 4 is 24.1 Å². The van der Waals surface area contributed by atoms with Gasteiger partial charge in [-0.25, -0.2) is 4.79 Å². The topological polar surface area (TPSA) is 90.2 Å². The van der Waals surface area contributed by atoms with Gasteiger partial charge in [-0.3, -0.25) is 4.79 Å². The summed E-state index contributed by atoms with van der Waals surface area (Å²) in [5.41, 5.74) is 2.67. The van der Waals surface area contributed by atoms with Gasteiger partial charge >= 0.3 is 5.97 Å². The summed E-state index contributed by atoms with van der Waals surface area (Å²) in [5, 5.41) is 19.9. The van der Waals surface area contributed by atoms with Crippen LogP contribution in [-0.4, -0.2) is 29.3 Å². The van der Waals surface area contributed by atoms with Gasteiger partial charge in [0.05, 0.1) is 11.6 Å². The second kappa shape index (κ2) is 7.44. The lowest BCUT2D eigenvalue weighted by Crippen LogP contribution is -2.37. The quantitative estimate of drug-likeness (QED) is 0.734. The number of carbonyl (C=O) groups excluding carboxylic acids is 1. The Bertz CT molecular complexity index is 511. The normalized spacial score (nSPS) is 11.4. The molecule has 0 bridgehead atoms. The molecule has 100 valence electrons. The van der Waals surface area contributed by atoms with Crippen molar-refractivity contribution in [2.24, 2.45) is 0 Å². The molecule has 0 saturated heterocycles. The minimum Gasteiger partial charge on any atom is -0.480 e. The number of carboxylic acids is 1. The predicted molar refractivity (Wildman–Crippen MR) is 72.7 cm³/mol. The first kappa shape index (κ1) is 15.1. The lowest BCUT2D eigenvalue weighted by molar-refractivity contribution is -0.139. The second-order valence-electron chi connectivity index (χ2n) is 3.94. The third kappa shape index (κ3) is 4.64. The standard InChI is InChI=1S/C13H14N2O3S/c1-9-4-10(5-14)2-3-11(9)6-19-7-12(13(17)18)15-8-16/h2-4,8,12H,6-7H2,1H3,(H,15,16)(H,17,18). The van der Waals surface area contributed by atoms with Gasteiger partial charge in [0.15, 0.2) is 0 Å². The summed E-state index contributed by atoms with van der Waals surface area (Å²) in [6.07, 6.45) is 0.395. The molecular formula is C13H14N2O3S. The molecule has 0 aromatic heterocycles. The molecule has 1 aromatic rings. The monoisotopic (exact) mass is 278 g/mol. The highest BCUT2D eigenvalue weighted by molar-refractivity contribution is 7.98. The number of carbonyl (C=O) groups is 2. The summed E-state index contributed by atoms with van der Waals surface area (Å²) in [7, 11) is 0. The van der Waals surface area contributed by atoms with Gasteiger partial charge in [-0.05, 0) is 30.2 Å². The summed E-state index contributed by atoms with van der Waals surface area (Å²) in [6.45, 7) is 1.91. The molecule has 0 radical (unpaired) electrons. The van der Waals surface area contributed by atoms with Gasteiger partial charge in [0.2, 0.25) is 6.41 Å². The van der Waals surface area contributed by atoms with E-state index in [0.717, 1.165) is 11.1 Å². The fraction of sp³-hybridized carbons (Fsp3) is 0.308. The Morgan fingerprint density at radius 3 is 2.89 bits per heavy atom. The third-order valence-corrected chi connectivity index (χ3v) is 3.67. The lowest BCUT2D eigenvalue weighted by atomic mass is 10.1. The van der Waals surface area contributed by atoms with Crippen LogP contribution in [0, 0.1) is 18.3 Å². The molecule has 0 heterocycles. The van der Waals surface area contributed by atoms with Crippen molar-refractivity contribution in [1.82, 2.24) is 5.32 Å². The van der Waals surface area contributed by atoms with E-state index in [9.17, 15) is 9.59 Å². The van der Waals surface area contributed by atoms with Crippen LogP contribution in [0.25, 0.3) is 0 Å². The van der Waals surface area contributed by atoms with E-state index >= 15 is 0 Å². The Kier molecular flexibility index (Phi) is 5.90. The van der Waals surface area contributed by atoms with E-state index in [0.29, 0.717) is 23.5 Å². The number of benzene rings is 1. The van der Waals surface area contributed by atoms with Gasteiger partial charge in [0, 0.05) is 11.5 Å². The smallest absolute Gasteiger partial charge is 0.327 e. The first-order valence-electron chi connectivity index (χ1n) is 5.58. The molecule has 0 spiro atoms. The van der Waals surface area contributed by atoms with Crippen molar-refractivity contribution in [3.63, 3.8) is 0 Å². The van der Waals surface area contributed by atoms with Crippen molar-refractivity contribution < 1.29 is 14.7 Å². The molecule has 1 aromatic carbocycles. The molecule has 19 heavy (non-hydrogen) atoms. The van der Waals surface area contributed by atoms with E-state index in [4.69, 9.17) is 10.4 Å². The first-order chi connectivity index (χ1) is 9.08. The molecule has 2 N–H and O–H groups in total. The van der Waals surface area contributed by atoms with E-state index < -0.39 is 12.0 Å². The van der Waals surface area contributed by atoms with Gasteiger partial charge in [-0.1, -0.05) is 6.07 Å². The molecule has 5 nitrogen and oxygen atoms in total. The molecular weight excluding hydrogens is 264 g/mol. The van der Waals surface area contributed by atoms with Gasteiger partial charge in [0.1, 0.15) is 6.04 Å². The molecule has 0 aliphatic rings. The van der Waals surface area contributed by atoms with Crippen LogP contribution in [-0.2, 0) is 15.3 Å². The highest BCUT2D eigenvalue weighted by atomic mass is 32.2. The summed E-state index contributed by atoms with van der Waals surface area (Å²) < 4.78 is 0. The van der Waals surface area contributed by atoms with E-state index in [1.165, 1.54) is 11.8 Å². The van der Waals surface area contributed by atoms with Crippen molar-refractivity contribution in [2.75, 3.05) is 5.75 Å². The maximum absolute atomic E-state index is 10.8. The summed E-state index contributed by atoms with van der Waals surface area (Å²) in [5.74, 6) is -0.105. The zero-order valence-electron chi connectivity index (χ0n) is 10.4. The van der Waals surface area contributed by atoms with Crippen molar-refractivity contribution in [3.8, 4) is 6.07 Å². The number of hydrogen-bond donors (Lipinski definition) is 2. The van der Waals surface area contributed by atoms with E-state index in [-0.39, 0.29) is 0 Å². The molecule has 0 saturated carbocycles. The zero-order chi connectivity index (χ0) is 14.3. The Morgan fingerprint density at radius 1 is 1.63 bits per heavy atom. The molecule has 1 amide bonds. The van der Waals surface area contributed by atoms with E-state index in [2.05, 4.69) is 11.4 Å². The van der Waals surface area contributed by atoms with Crippen LogP contribution in [0.15, 0.2) is 18.2 Å². The van der Waals surface area contributed by atoms with Crippen molar-refractivity contribution in [2.45, 2.75) is 18.7 Å². The number of amides is 1. The van der Waals surface area contributed by atoms with Gasteiger partial charge in [-0.15, -0.1) is 0 Å². The number of thioether (sulfide) groups is 1. The molecule has 1 atom stereocenters. The third-order valence-electron chi connectivity index (χ3n) is 2.58. The average molecular weight is 278 g/mol. The Balaban J connectivity index is 2.55. The minimum absolute atomic E-state index is 0.299. The van der Waals surface area contributed by atoms with Crippen LogP contribution in [0.5, 0.6) is 0 Å². The van der Waals surface area contributed by atoms with Gasteiger partial charge in [0.25, 0.3) is 0 Å². The van der Waals surface area contributed by atoms with Crippen LogP contribution in [0.2, 0.25) is 0 Å². The number of nitriles is 1. The SMILES string of the molecule is Cc1cc(C#N)ccc1CSCC(NC=O)C(=O)O.